The highest BCUT2D eigenvalue weighted by atomic mass is 19.1. The largest absolute Gasteiger partial charge is 0.497 e. The van der Waals surface area contributed by atoms with E-state index in [1.165, 1.54) is 12.0 Å². The molecule has 100 valence electrons. The number of hydrogen-bond donors (Lipinski definition) is 1. The number of benzene rings is 1. The number of nitrogens with one attached hydrogen (secondary N) is 1. The highest BCUT2D eigenvalue weighted by Crippen LogP contribution is 2.18. The molecule has 0 radical (unpaired) electrons. The van der Waals surface area contributed by atoms with Crippen molar-refractivity contribution in [3.8, 4) is 5.75 Å². The Balaban J connectivity index is 1.78. The van der Waals surface area contributed by atoms with Crippen LogP contribution in [0.3, 0.4) is 0 Å². The molecule has 18 heavy (non-hydrogen) atoms. The molecule has 2 atom stereocenters. The van der Waals surface area contributed by atoms with Crippen LogP contribution in [0.5, 0.6) is 5.75 Å². The first-order valence-electron chi connectivity index (χ1n) is 6.80. The molecule has 1 N–H and O–H groups in total. The zero-order valence-corrected chi connectivity index (χ0v) is 11.0. The SMILES string of the molecule is COc1ccc(CCC(F)C2CCCCN2)cc1. The summed E-state index contributed by atoms with van der Waals surface area (Å²) in [5, 5.41) is 3.28. The van der Waals surface area contributed by atoms with Gasteiger partial charge in [0.15, 0.2) is 0 Å². The van der Waals surface area contributed by atoms with Crippen molar-refractivity contribution in [1.82, 2.24) is 5.32 Å². The zero-order valence-electron chi connectivity index (χ0n) is 11.0. The second kappa shape index (κ2) is 6.74. The maximum absolute atomic E-state index is 14.0. The lowest BCUT2D eigenvalue weighted by atomic mass is 9.96. The third kappa shape index (κ3) is 3.70. The van der Waals surface area contributed by atoms with E-state index in [0.29, 0.717) is 6.42 Å². The van der Waals surface area contributed by atoms with Crippen LogP contribution in [0.25, 0.3) is 0 Å². The summed E-state index contributed by atoms with van der Waals surface area (Å²) in [7, 11) is 1.65. The van der Waals surface area contributed by atoms with Gasteiger partial charge in [-0.05, 0) is 49.9 Å². The summed E-state index contributed by atoms with van der Waals surface area (Å²) in [6, 6.07) is 7.96. The first-order chi connectivity index (χ1) is 8.79. The summed E-state index contributed by atoms with van der Waals surface area (Å²) in [5.74, 6) is 0.851. The van der Waals surface area contributed by atoms with Crippen molar-refractivity contribution in [3.63, 3.8) is 0 Å². The Morgan fingerprint density at radius 3 is 2.72 bits per heavy atom. The number of hydrogen-bond acceptors (Lipinski definition) is 2. The van der Waals surface area contributed by atoms with Crippen molar-refractivity contribution in [3.05, 3.63) is 29.8 Å². The summed E-state index contributed by atoms with van der Waals surface area (Å²) in [5.41, 5.74) is 1.18. The number of alkyl halides is 1. The fraction of sp³-hybridized carbons (Fsp3) is 0.600. The van der Waals surface area contributed by atoms with E-state index in [1.807, 2.05) is 24.3 Å². The number of piperidine rings is 1. The van der Waals surface area contributed by atoms with Gasteiger partial charge in [-0.25, -0.2) is 4.39 Å². The summed E-state index contributed by atoms with van der Waals surface area (Å²) in [6.07, 6.45) is 3.98. The molecule has 0 amide bonds. The molecule has 1 aromatic carbocycles. The molecule has 2 rings (SSSR count). The number of rotatable bonds is 5. The van der Waals surface area contributed by atoms with Crippen LogP contribution in [-0.4, -0.2) is 25.9 Å². The predicted molar refractivity (Wildman–Crippen MR) is 71.9 cm³/mol. The minimum absolute atomic E-state index is 0.0667. The Kier molecular flexibility index (Phi) is 5.00. The van der Waals surface area contributed by atoms with E-state index in [1.54, 1.807) is 7.11 Å². The van der Waals surface area contributed by atoms with Crippen LogP contribution in [0.1, 0.15) is 31.2 Å². The van der Waals surface area contributed by atoms with Gasteiger partial charge in [0, 0.05) is 6.04 Å². The van der Waals surface area contributed by atoms with Gasteiger partial charge in [0.25, 0.3) is 0 Å². The van der Waals surface area contributed by atoms with E-state index in [9.17, 15) is 4.39 Å². The van der Waals surface area contributed by atoms with E-state index >= 15 is 0 Å². The molecule has 2 unspecified atom stereocenters. The molecule has 1 fully saturated rings. The lowest BCUT2D eigenvalue weighted by Crippen LogP contribution is -2.41. The first-order valence-corrected chi connectivity index (χ1v) is 6.80. The second-order valence-corrected chi connectivity index (χ2v) is 4.96. The van der Waals surface area contributed by atoms with Crippen LogP contribution in [0.4, 0.5) is 4.39 Å². The minimum Gasteiger partial charge on any atom is -0.497 e. The molecule has 0 saturated carbocycles. The third-order valence-corrected chi connectivity index (χ3v) is 3.65. The second-order valence-electron chi connectivity index (χ2n) is 4.96. The maximum Gasteiger partial charge on any atom is 0.118 e. The standard InChI is InChI=1S/C15H22FNO/c1-18-13-8-5-12(6-9-13)7-10-14(16)15-4-2-3-11-17-15/h5-6,8-9,14-15,17H,2-4,7,10-11H2,1H3. The molecule has 3 heteroatoms. The van der Waals surface area contributed by atoms with Crippen molar-refractivity contribution in [2.45, 2.75) is 44.3 Å². The van der Waals surface area contributed by atoms with Crippen LogP contribution >= 0.6 is 0 Å². The zero-order chi connectivity index (χ0) is 12.8. The molecule has 1 aliphatic heterocycles. The quantitative estimate of drug-likeness (QED) is 0.868. The Hall–Kier alpha value is -1.09. The van der Waals surface area contributed by atoms with Crippen molar-refractivity contribution >= 4 is 0 Å². The van der Waals surface area contributed by atoms with Crippen LogP contribution in [-0.2, 0) is 6.42 Å². The summed E-state index contributed by atoms with van der Waals surface area (Å²) in [4.78, 5) is 0. The van der Waals surface area contributed by atoms with Crippen LogP contribution in [0, 0.1) is 0 Å². The smallest absolute Gasteiger partial charge is 0.118 e. The van der Waals surface area contributed by atoms with Gasteiger partial charge in [-0.1, -0.05) is 18.6 Å². The Morgan fingerprint density at radius 1 is 1.33 bits per heavy atom. The van der Waals surface area contributed by atoms with Gasteiger partial charge in [-0.3, -0.25) is 0 Å². The molecular weight excluding hydrogens is 229 g/mol. The highest BCUT2D eigenvalue weighted by Gasteiger charge is 2.22. The van der Waals surface area contributed by atoms with Crippen molar-refractivity contribution in [1.29, 1.82) is 0 Å². The van der Waals surface area contributed by atoms with Gasteiger partial charge in [0.1, 0.15) is 11.9 Å². The normalized spacial score (nSPS) is 21.6. The van der Waals surface area contributed by atoms with E-state index in [-0.39, 0.29) is 6.04 Å². The van der Waals surface area contributed by atoms with Gasteiger partial charge in [0.05, 0.1) is 7.11 Å². The van der Waals surface area contributed by atoms with Crippen molar-refractivity contribution < 1.29 is 9.13 Å². The Morgan fingerprint density at radius 2 is 2.11 bits per heavy atom. The monoisotopic (exact) mass is 251 g/mol. The average Bonchev–Trinajstić information content (AvgIpc) is 2.46. The van der Waals surface area contributed by atoms with E-state index in [2.05, 4.69) is 5.32 Å². The lowest BCUT2D eigenvalue weighted by molar-refractivity contribution is 0.207. The van der Waals surface area contributed by atoms with E-state index in [0.717, 1.165) is 31.6 Å². The molecule has 1 heterocycles. The summed E-state index contributed by atoms with van der Waals surface area (Å²) < 4.78 is 19.1. The van der Waals surface area contributed by atoms with Gasteiger partial charge in [-0.15, -0.1) is 0 Å². The number of halogens is 1. The predicted octanol–water partition coefficient (Wildman–Crippen LogP) is 3.11. The topological polar surface area (TPSA) is 21.3 Å². The molecular formula is C15H22FNO. The molecule has 0 spiro atoms. The minimum atomic E-state index is -0.729. The molecule has 0 aromatic heterocycles. The van der Waals surface area contributed by atoms with Gasteiger partial charge >= 0.3 is 0 Å². The lowest BCUT2D eigenvalue weighted by Gasteiger charge is -2.26. The number of ether oxygens (including phenoxy) is 1. The van der Waals surface area contributed by atoms with Crippen LogP contribution in [0.2, 0.25) is 0 Å². The maximum atomic E-state index is 14.0. The number of methoxy groups -OCH3 is 1. The van der Waals surface area contributed by atoms with Crippen molar-refractivity contribution in [2.24, 2.45) is 0 Å². The highest BCUT2D eigenvalue weighted by molar-refractivity contribution is 5.27. The molecule has 1 aliphatic rings. The average molecular weight is 251 g/mol. The van der Waals surface area contributed by atoms with Crippen molar-refractivity contribution in [2.75, 3.05) is 13.7 Å². The fourth-order valence-corrected chi connectivity index (χ4v) is 2.49. The van der Waals surface area contributed by atoms with Gasteiger partial charge < -0.3 is 10.1 Å². The Labute approximate surface area is 109 Å². The molecule has 0 bridgehead atoms. The third-order valence-electron chi connectivity index (χ3n) is 3.65. The van der Waals surface area contributed by atoms with Gasteiger partial charge in [0.2, 0.25) is 0 Å². The number of aryl methyl sites for hydroxylation is 1. The Bertz CT molecular complexity index is 346. The van der Waals surface area contributed by atoms with E-state index in [4.69, 9.17) is 4.74 Å². The molecule has 0 aliphatic carbocycles. The van der Waals surface area contributed by atoms with Crippen LogP contribution < -0.4 is 10.1 Å². The molecule has 1 aromatic rings. The molecule has 2 nitrogen and oxygen atoms in total. The summed E-state index contributed by atoms with van der Waals surface area (Å²) in [6.45, 7) is 0.966. The van der Waals surface area contributed by atoms with Gasteiger partial charge in [-0.2, -0.15) is 0 Å². The summed E-state index contributed by atoms with van der Waals surface area (Å²) >= 11 is 0. The van der Waals surface area contributed by atoms with Crippen LogP contribution in [0.15, 0.2) is 24.3 Å². The fourth-order valence-electron chi connectivity index (χ4n) is 2.49. The molecule has 1 saturated heterocycles. The first kappa shape index (κ1) is 13.3. The van der Waals surface area contributed by atoms with E-state index < -0.39 is 6.17 Å².